The Labute approximate surface area is 111 Å². The van der Waals surface area contributed by atoms with Crippen LogP contribution in [0.15, 0.2) is 47.2 Å². The lowest BCUT2D eigenvalue weighted by atomic mass is 10.1. The van der Waals surface area contributed by atoms with Crippen molar-refractivity contribution >= 4 is 22.9 Å². The van der Waals surface area contributed by atoms with Crippen molar-refractivity contribution in [3.63, 3.8) is 0 Å². The fourth-order valence-electron chi connectivity index (χ4n) is 1.77. The summed E-state index contributed by atoms with van der Waals surface area (Å²) >= 11 is 7.75. The third-order valence-corrected chi connectivity index (χ3v) is 3.78. The Hall–Kier alpha value is -0.830. The van der Waals surface area contributed by atoms with Gasteiger partial charge in [0, 0.05) is 11.9 Å². The number of hydrogen-bond donors (Lipinski definition) is 1. The molecule has 0 saturated heterocycles. The van der Waals surface area contributed by atoms with Gasteiger partial charge in [0.1, 0.15) is 0 Å². The molecule has 1 N–H and O–H groups in total. The van der Waals surface area contributed by atoms with Gasteiger partial charge < -0.3 is 5.32 Å². The van der Waals surface area contributed by atoms with E-state index in [1.807, 2.05) is 6.07 Å². The van der Waals surface area contributed by atoms with Crippen molar-refractivity contribution in [1.82, 2.24) is 5.32 Å². The third-order valence-electron chi connectivity index (χ3n) is 2.74. The highest BCUT2D eigenvalue weighted by Crippen LogP contribution is 2.14. The average molecular weight is 266 g/mol. The van der Waals surface area contributed by atoms with Gasteiger partial charge in [-0.2, -0.15) is 11.3 Å². The summed E-state index contributed by atoms with van der Waals surface area (Å²) in [5.41, 5.74) is 2.65. The molecule has 1 aromatic carbocycles. The molecule has 0 bridgehead atoms. The van der Waals surface area contributed by atoms with Gasteiger partial charge in [0.15, 0.2) is 0 Å². The minimum Gasteiger partial charge on any atom is -0.309 e. The molecule has 2 aromatic rings. The zero-order chi connectivity index (χ0) is 11.9. The van der Waals surface area contributed by atoms with Crippen molar-refractivity contribution < 1.29 is 0 Å². The van der Waals surface area contributed by atoms with E-state index in [1.165, 1.54) is 11.1 Å². The molecule has 2 rings (SSSR count). The Morgan fingerprint density at radius 3 is 2.65 bits per heavy atom. The maximum atomic E-state index is 6.00. The van der Waals surface area contributed by atoms with Gasteiger partial charge in [0.25, 0.3) is 0 Å². The lowest BCUT2D eigenvalue weighted by Gasteiger charge is -2.16. The maximum Gasteiger partial charge on any atom is 0.0457 e. The zero-order valence-corrected chi connectivity index (χ0v) is 11.2. The number of rotatable bonds is 6. The van der Waals surface area contributed by atoms with Crippen molar-refractivity contribution in [2.75, 3.05) is 12.4 Å². The first-order chi connectivity index (χ1) is 8.40. The molecule has 17 heavy (non-hydrogen) atoms. The molecule has 1 heterocycles. The second kappa shape index (κ2) is 6.80. The van der Waals surface area contributed by atoms with Crippen LogP contribution < -0.4 is 5.32 Å². The molecule has 1 nitrogen and oxygen atoms in total. The average Bonchev–Trinajstić information content (AvgIpc) is 2.89. The van der Waals surface area contributed by atoms with E-state index in [2.05, 4.69) is 46.4 Å². The molecule has 0 aliphatic rings. The Balaban J connectivity index is 1.84. The largest absolute Gasteiger partial charge is 0.309 e. The molecule has 90 valence electrons. The summed E-state index contributed by atoms with van der Waals surface area (Å²) in [5.74, 6) is 0.605. The zero-order valence-electron chi connectivity index (χ0n) is 9.60. The molecule has 0 amide bonds. The summed E-state index contributed by atoms with van der Waals surface area (Å²) in [6.07, 6.45) is 1.06. The molecule has 0 fully saturated rings. The van der Waals surface area contributed by atoms with Gasteiger partial charge in [-0.15, -0.1) is 11.6 Å². The molecular formula is C14H16ClNS. The molecule has 0 radical (unpaired) electrons. The highest BCUT2D eigenvalue weighted by atomic mass is 35.5. The number of hydrogen-bond acceptors (Lipinski definition) is 2. The monoisotopic (exact) mass is 265 g/mol. The number of halogens is 1. The topological polar surface area (TPSA) is 12.0 Å². The molecule has 3 heteroatoms. The van der Waals surface area contributed by atoms with Gasteiger partial charge in [-0.1, -0.05) is 30.3 Å². The van der Waals surface area contributed by atoms with Gasteiger partial charge in [0.05, 0.1) is 0 Å². The SMILES string of the molecule is ClCC(NCCc1ccsc1)c1ccccc1. The molecule has 0 spiro atoms. The van der Waals surface area contributed by atoms with Crippen molar-refractivity contribution in [1.29, 1.82) is 0 Å². The molecule has 0 aliphatic carbocycles. The van der Waals surface area contributed by atoms with Crippen molar-refractivity contribution in [2.24, 2.45) is 0 Å². The molecule has 1 aromatic heterocycles. The first kappa shape index (κ1) is 12.6. The standard InChI is InChI=1S/C14H16ClNS/c15-10-14(13-4-2-1-3-5-13)16-8-6-12-7-9-17-11-12/h1-5,7,9,11,14,16H,6,8,10H2. The molecule has 0 aliphatic heterocycles. The van der Waals surface area contributed by atoms with Crippen LogP contribution in [0.4, 0.5) is 0 Å². The van der Waals surface area contributed by atoms with Gasteiger partial charge in [-0.25, -0.2) is 0 Å². The van der Waals surface area contributed by atoms with Crippen LogP contribution in [0, 0.1) is 0 Å². The van der Waals surface area contributed by atoms with E-state index in [0.29, 0.717) is 5.88 Å². The fourth-order valence-corrected chi connectivity index (χ4v) is 2.76. The number of nitrogens with one attached hydrogen (secondary N) is 1. The summed E-state index contributed by atoms with van der Waals surface area (Å²) in [7, 11) is 0. The van der Waals surface area contributed by atoms with E-state index in [1.54, 1.807) is 11.3 Å². The van der Waals surface area contributed by atoms with Crippen LogP contribution in [0.5, 0.6) is 0 Å². The predicted octanol–water partition coefficient (Wildman–Crippen LogP) is 3.86. The summed E-state index contributed by atoms with van der Waals surface area (Å²) in [6.45, 7) is 0.961. The lowest BCUT2D eigenvalue weighted by Crippen LogP contribution is -2.24. The number of alkyl halides is 1. The highest BCUT2D eigenvalue weighted by molar-refractivity contribution is 7.07. The van der Waals surface area contributed by atoms with E-state index in [-0.39, 0.29) is 6.04 Å². The van der Waals surface area contributed by atoms with Gasteiger partial charge in [-0.05, 0) is 40.9 Å². The van der Waals surface area contributed by atoms with Crippen molar-refractivity contribution in [3.8, 4) is 0 Å². The van der Waals surface area contributed by atoms with Gasteiger partial charge in [0.2, 0.25) is 0 Å². The van der Waals surface area contributed by atoms with Crippen LogP contribution in [-0.4, -0.2) is 12.4 Å². The minimum atomic E-state index is 0.247. The lowest BCUT2D eigenvalue weighted by molar-refractivity contribution is 0.582. The number of benzene rings is 1. The number of thiophene rings is 1. The van der Waals surface area contributed by atoms with Crippen LogP contribution >= 0.6 is 22.9 Å². The fraction of sp³-hybridized carbons (Fsp3) is 0.286. The van der Waals surface area contributed by atoms with E-state index in [0.717, 1.165) is 13.0 Å². The second-order valence-corrected chi connectivity index (χ2v) is 5.04. The second-order valence-electron chi connectivity index (χ2n) is 3.95. The van der Waals surface area contributed by atoms with Crippen LogP contribution in [0.1, 0.15) is 17.2 Å². The first-order valence-electron chi connectivity index (χ1n) is 5.75. The van der Waals surface area contributed by atoms with Gasteiger partial charge in [-0.3, -0.25) is 0 Å². The summed E-state index contributed by atoms with van der Waals surface area (Å²) in [6, 6.07) is 12.8. The third kappa shape index (κ3) is 3.84. The van der Waals surface area contributed by atoms with Crippen molar-refractivity contribution in [2.45, 2.75) is 12.5 Å². The van der Waals surface area contributed by atoms with Crippen molar-refractivity contribution in [3.05, 3.63) is 58.3 Å². The molecule has 0 saturated carbocycles. The van der Waals surface area contributed by atoms with Crippen LogP contribution in [0.3, 0.4) is 0 Å². The summed E-state index contributed by atoms with van der Waals surface area (Å²) in [5, 5.41) is 7.81. The smallest absolute Gasteiger partial charge is 0.0457 e. The quantitative estimate of drug-likeness (QED) is 0.782. The van der Waals surface area contributed by atoms with E-state index in [4.69, 9.17) is 11.6 Å². The highest BCUT2D eigenvalue weighted by Gasteiger charge is 2.08. The van der Waals surface area contributed by atoms with Gasteiger partial charge >= 0.3 is 0 Å². The van der Waals surface area contributed by atoms with Crippen LogP contribution in [0.25, 0.3) is 0 Å². The molecular weight excluding hydrogens is 250 g/mol. The Kier molecular flexibility index (Phi) is 5.05. The Morgan fingerprint density at radius 2 is 2.00 bits per heavy atom. The summed E-state index contributed by atoms with van der Waals surface area (Å²) < 4.78 is 0. The Morgan fingerprint density at radius 1 is 1.18 bits per heavy atom. The summed E-state index contributed by atoms with van der Waals surface area (Å²) in [4.78, 5) is 0. The minimum absolute atomic E-state index is 0.247. The van der Waals surface area contributed by atoms with Crippen LogP contribution in [-0.2, 0) is 6.42 Å². The normalized spacial score (nSPS) is 12.5. The van der Waals surface area contributed by atoms with Crippen LogP contribution in [0.2, 0.25) is 0 Å². The van der Waals surface area contributed by atoms with E-state index in [9.17, 15) is 0 Å². The molecule has 1 atom stereocenters. The Bertz CT molecular complexity index is 413. The van der Waals surface area contributed by atoms with E-state index >= 15 is 0 Å². The first-order valence-corrected chi connectivity index (χ1v) is 7.23. The van der Waals surface area contributed by atoms with E-state index < -0.39 is 0 Å². The maximum absolute atomic E-state index is 6.00. The molecule has 1 unspecified atom stereocenters. The predicted molar refractivity (Wildman–Crippen MR) is 75.9 cm³/mol.